The first kappa shape index (κ1) is 17.1. The van der Waals surface area contributed by atoms with E-state index in [1.807, 2.05) is 20.8 Å². The zero-order valence-electron chi connectivity index (χ0n) is 10.9. The van der Waals surface area contributed by atoms with Crippen LogP contribution in [0.1, 0.15) is 20.8 Å². The second-order valence-corrected chi connectivity index (χ2v) is 5.86. The van der Waals surface area contributed by atoms with Crippen LogP contribution in [0, 0.1) is 5.41 Å². The van der Waals surface area contributed by atoms with Gasteiger partial charge in [0.25, 0.3) is 0 Å². The van der Waals surface area contributed by atoms with Gasteiger partial charge in [-0.3, -0.25) is 4.18 Å². The van der Waals surface area contributed by atoms with Gasteiger partial charge in [-0.1, -0.05) is 25.8 Å². The van der Waals surface area contributed by atoms with Crippen molar-refractivity contribution in [2.75, 3.05) is 6.61 Å². The Balaban J connectivity index is 2.79. The van der Waals surface area contributed by atoms with Gasteiger partial charge in [-0.05, 0) is 5.41 Å². The molecular formula is C10H20O8S. The lowest BCUT2D eigenvalue weighted by atomic mass is 9.80. The summed E-state index contributed by atoms with van der Waals surface area (Å²) in [5, 5.41) is 40.7. The smallest absolute Gasteiger partial charge is 0.198 e. The summed E-state index contributed by atoms with van der Waals surface area (Å²) in [5.41, 5.74) is -0.423. The van der Waals surface area contributed by atoms with Gasteiger partial charge in [-0.25, -0.2) is 5.26 Å². The predicted molar refractivity (Wildman–Crippen MR) is 64.5 cm³/mol. The second kappa shape index (κ2) is 7.16. The number of hydrogen-bond acceptors (Lipinski definition) is 9. The summed E-state index contributed by atoms with van der Waals surface area (Å²) in [7, 11) is 0. The zero-order chi connectivity index (χ0) is 14.6. The third-order valence-electron chi connectivity index (χ3n) is 2.93. The molecule has 5 unspecified atom stereocenters. The van der Waals surface area contributed by atoms with E-state index in [4.69, 9.17) is 14.2 Å². The molecule has 8 nitrogen and oxygen atoms in total. The molecule has 0 radical (unpaired) electrons. The molecule has 0 bridgehead atoms. The van der Waals surface area contributed by atoms with Crippen molar-refractivity contribution in [3.05, 3.63) is 0 Å². The van der Waals surface area contributed by atoms with Gasteiger partial charge in [-0.15, -0.1) is 4.33 Å². The van der Waals surface area contributed by atoms with E-state index in [9.17, 15) is 15.3 Å². The van der Waals surface area contributed by atoms with Gasteiger partial charge >= 0.3 is 0 Å². The van der Waals surface area contributed by atoms with E-state index in [1.54, 1.807) is 0 Å². The Hall–Kier alpha value is 0.0300. The van der Waals surface area contributed by atoms with Crippen molar-refractivity contribution in [1.29, 1.82) is 0 Å². The SMILES string of the molecule is CC(C)(C)C1OC(CO)C(O)C(OSOOO)C1O. The predicted octanol–water partition coefficient (Wildman–Crippen LogP) is -0.116. The van der Waals surface area contributed by atoms with Crippen LogP contribution in [0.3, 0.4) is 0 Å². The first-order chi connectivity index (χ1) is 8.82. The molecule has 114 valence electrons. The molecule has 1 aliphatic rings. The molecule has 0 saturated carbocycles. The third-order valence-corrected chi connectivity index (χ3v) is 3.35. The van der Waals surface area contributed by atoms with Crippen LogP contribution < -0.4 is 0 Å². The number of aliphatic hydroxyl groups excluding tert-OH is 3. The number of hydrogen-bond donors (Lipinski definition) is 4. The highest BCUT2D eigenvalue weighted by Gasteiger charge is 2.49. The van der Waals surface area contributed by atoms with Gasteiger partial charge in [0, 0.05) is 0 Å². The first-order valence-electron chi connectivity index (χ1n) is 5.75. The molecule has 9 heteroatoms. The quantitative estimate of drug-likeness (QED) is 0.238. The first-order valence-corrected chi connectivity index (χ1v) is 6.42. The molecule has 19 heavy (non-hydrogen) atoms. The fraction of sp³-hybridized carbons (Fsp3) is 1.00. The Labute approximate surface area is 115 Å². The minimum Gasteiger partial charge on any atom is -0.394 e. The highest BCUT2D eigenvalue weighted by molar-refractivity contribution is 7.89. The lowest BCUT2D eigenvalue weighted by molar-refractivity contribution is -0.435. The normalized spacial score (nSPS) is 36.5. The third kappa shape index (κ3) is 4.25. The van der Waals surface area contributed by atoms with Gasteiger partial charge in [0.15, 0.2) is 12.3 Å². The zero-order valence-corrected chi connectivity index (χ0v) is 11.7. The Morgan fingerprint density at radius 1 is 1.21 bits per heavy atom. The van der Waals surface area contributed by atoms with Crippen LogP contribution in [0.4, 0.5) is 0 Å². The molecule has 1 fully saturated rings. The molecule has 1 heterocycles. The van der Waals surface area contributed by atoms with Gasteiger partial charge in [-0.2, -0.15) is 0 Å². The van der Waals surface area contributed by atoms with Gasteiger partial charge in [0.05, 0.1) is 12.7 Å². The molecule has 0 spiro atoms. The monoisotopic (exact) mass is 300 g/mol. The van der Waals surface area contributed by atoms with Crippen molar-refractivity contribution in [2.45, 2.75) is 51.3 Å². The van der Waals surface area contributed by atoms with E-state index in [0.29, 0.717) is 0 Å². The van der Waals surface area contributed by atoms with Crippen molar-refractivity contribution in [3.63, 3.8) is 0 Å². The van der Waals surface area contributed by atoms with Crippen molar-refractivity contribution >= 4 is 12.3 Å². The van der Waals surface area contributed by atoms with Crippen molar-refractivity contribution in [3.8, 4) is 0 Å². The topological polar surface area (TPSA) is 118 Å². The summed E-state index contributed by atoms with van der Waals surface area (Å²) in [6.07, 6.45) is -4.96. The van der Waals surface area contributed by atoms with Crippen LogP contribution in [0.2, 0.25) is 0 Å². The lowest BCUT2D eigenvalue weighted by Gasteiger charge is -2.46. The van der Waals surface area contributed by atoms with E-state index >= 15 is 0 Å². The summed E-state index contributed by atoms with van der Waals surface area (Å²) >= 11 is 0.263. The fourth-order valence-electron chi connectivity index (χ4n) is 1.99. The molecule has 0 aromatic heterocycles. The maximum Gasteiger partial charge on any atom is 0.198 e. The minimum absolute atomic E-state index is 0.263. The maximum absolute atomic E-state index is 10.2. The van der Waals surface area contributed by atoms with E-state index in [2.05, 4.69) is 9.37 Å². The largest absolute Gasteiger partial charge is 0.394 e. The molecule has 5 atom stereocenters. The summed E-state index contributed by atoms with van der Waals surface area (Å²) < 4.78 is 14.6. The minimum atomic E-state index is -1.24. The van der Waals surface area contributed by atoms with Crippen LogP contribution in [-0.2, 0) is 18.3 Å². The maximum atomic E-state index is 10.2. The summed E-state index contributed by atoms with van der Waals surface area (Å²) in [6, 6.07) is 0. The van der Waals surface area contributed by atoms with Gasteiger partial charge < -0.3 is 20.1 Å². The highest BCUT2D eigenvalue weighted by Crippen LogP contribution is 2.35. The fourth-order valence-corrected chi connectivity index (χ4v) is 2.37. The van der Waals surface area contributed by atoms with Gasteiger partial charge in [0.1, 0.15) is 24.4 Å². The molecule has 1 rings (SSSR count). The van der Waals surface area contributed by atoms with Gasteiger partial charge in [0.2, 0.25) is 0 Å². The average molecular weight is 300 g/mol. The van der Waals surface area contributed by atoms with Crippen LogP contribution in [0.25, 0.3) is 0 Å². The molecule has 4 N–H and O–H groups in total. The van der Waals surface area contributed by atoms with E-state index < -0.39 is 42.5 Å². The summed E-state index contributed by atoms with van der Waals surface area (Å²) in [5.74, 6) is 0. The second-order valence-electron chi connectivity index (χ2n) is 5.40. The molecule has 1 aliphatic heterocycles. The van der Waals surface area contributed by atoms with Crippen LogP contribution >= 0.6 is 12.3 Å². The average Bonchev–Trinajstić information content (AvgIpc) is 2.32. The molecular weight excluding hydrogens is 280 g/mol. The number of aliphatic hydroxyl groups is 3. The molecule has 0 aliphatic carbocycles. The molecule has 1 saturated heterocycles. The Morgan fingerprint density at radius 3 is 2.32 bits per heavy atom. The van der Waals surface area contributed by atoms with E-state index in [-0.39, 0.29) is 12.3 Å². The molecule has 0 aromatic rings. The number of rotatable bonds is 5. The van der Waals surface area contributed by atoms with Crippen LogP contribution in [0.15, 0.2) is 0 Å². The highest BCUT2D eigenvalue weighted by atomic mass is 32.2. The Bertz CT molecular complexity index is 271. The summed E-state index contributed by atoms with van der Waals surface area (Å²) in [6.45, 7) is 5.14. The molecule has 0 aromatic carbocycles. The lowest BCUT2D eigenvalue weighted by Crippen LogP contribution is -2.62. The van der Waals surface area contributed by atoms with Crippen molar-refractivity contribution < 1.29 is 38.9 Å². The van der Waals surface area contributed by atoms with Crippen LogP contribution in [-0.4, -0.2) is 57.7 Å². The van der Waals surface area contributed by atoms with Crippen molar-refractivity contribution in [1.82, 2.24) is 0 Å². The Morgan fingerprint density at radius 2 is 1.84 bits per heavy atom. The van der Waals surface area contributed by atoms with Crippen molar-refractivity contribution in [2.24, 2.45) is 5.41 Å². The number of ether oxygens (including phenoxy) is 1. The van der Waals surface area contributed by atoms with E-state index in [0.717, 1.165) is 0 Å². The van der Waals surface area contributed by atoms with E-state index in [1.165, 1.54) is 0 Å². The standard InChI is InChI=1S/C10H20O8S/c1-10(2,3)9-7(13)8(16-19-18-17-14)6(12)5(4-11)15-9/h5-9,11-14H,4H2,1-3H3. The molecule has 0 amide bonds. The Kier molecular flexibility index (Phi) is 6.43. The van der Waals surface area contributed by atoms with Crippen LogP contribution in [0.5, 0.6) is 0 Å². The summed E-state index contributed by atoms with van der Waals surface area (Å²) in [4.78, 5) is 0.